The highest BCUT2D eigenvalue weighted by atomic mass is 127. The van der Waals surface area contributed by atoms with Crippen LogP contribution in [-0.4, -0.2) is 0 Å². The molecule has 104 valence electrons. The highest BCUT2D eigenvalue weighted by Gasteiger charge is 2.20. The molecule has 0 saturated heterocycles. The first-order valence-electron chi connectivity index (χ1n) is 7.33. The van der Waals surface area contributed by atoms with Crippen molar-refractivity contribution < 1.29 is 0 Å². The van der Waals surface area contributed by atoms with E-state index in [2.05, 4.69) is 91.9 Å². The Labute approximate surface area is 138 Å². The van der Waals surface area contributed by atoms with Crippen molar-refractivity contribution in [2.75, 3.05) is 0 Å². The van der Waals surface area contributed by atoms with Gasteiger partial charge in [-0.2, -0.15) is 0 Å². The SMILES string of the molecule is Cc1ccc2ccc3c(C(C)(C)I)ccc4ccc1c2c43. The molecule has 4 rings (SSSR count). The van der Waals surface area contributed by atoms with E-state index in [0.717, 1.165) is 0 Å². The third-order valence-electron chi connectivity index (χ3n) is 4.52. The van der Waals surface area contributed by atoms with E-state index >= 15 is 0 Å². The molecule has 1 heteroatoms. The van der Waals surface area contributed by atoms with Gasteiger partial charge in [-0.05, 0) is 64.2 Å². The lowest BCUT2D eigenvalue weighted by atomic mass is 9.88. The van der Waals surface area contributed by atoms with Crippen molar-refractivity contribution in [3.63, 3.8) is 0 Å². The van der Waals surface area contributed by atoms with Crippen molar-refractivity contribution in [3.8, 4) is 0 Å². The van der Waals surface area contributed by atoms with Crippen molar-refractivity contribution in [2.45, 2.75) is 24.2 Å². The molecule has 0 spiro atoms. The van der Waals surface area contributed by atoms with Crippen LogP contribution in [0.1, 0.15) is 25.0 Å². The average Bonchev–Trinajstić information content (AvgIpc) is 2.45. The summed E-state index contributed by atoms with van der Waals surface area (Å²) in [6.45, 7) is 6.77. The van der Waals surface area contributed by atoms with E-state index in [4.69, 9.17) is 0 Å². The van der Waals surface area contributed by atoms with Crippen molar-refractivity contribution >= 4 is 54.9 Å². The number of aryl methyl sites for hydroxylation is 1. The van der Waals surface area contributed by atoms with Gasteiger partial charge >= 0.3 is 0 Å². The Morgan fingerprint density at radius 2 is 1.24 bits per heavy atom. The van der Waals surface area contributed by atoms with E-state index in [-0.39, 0.29) is 3.42 Å². The molecule has 0 nitrogen and oxygen atoms in total. The first kappa shape index (κ1) is 13.3. The highest BCUT2D eigenvalue weighted by molar-refractivity contribution is 14.1. The number of benzene rings is 4. The predicted octanol–water partition coefficient (Wildman–Crippen LogP) is 6.56. The predicted molar refractivity (Wildman–Crippen MR) is 102 cm³/mol. The minimum atomic E-state index is 0.134. The summed E-state index contributed by atoms with van der Waals surface area (Å²) in [7, 11) is 0. The molecule has 4 aromatic carbocycles. The minimum absolute atomic E-state index is 0.134. The van der Waals surface area contributed by atoms with Crippen molar-refractivity contribution in [2.24, 2.45) is 0 Å². The van der Waals surface area contributed by atoms with Gasteiger partial charge in [0.05, 0.1) is 0 Å². The Morgan fingerprint density at radius 1 is 0.714 bits per heavy atom. The second-order valence-electron chi connectivity index (χ2n) is 6.39. The molecule has 0 atom stereocenters. The van der Waals surface area contributed by atoms with Gasteiger partial charge in [-0.3, -0.25) is 0 Å². The Bertz CT molecular complexity index is 974. The maximum absolute atomic E-state index is 2.54. The van der Waals surface area contributed by atoms with Crippen LogP contribution in [0.3, 0.4) is 0 Å². The monoisotopic (exact) mass is 384 g/mol. The summed E-state index contributed by atoms with van der Waals surface area (Å²) in [6, 6.07) is 18.2. The summed E-state index contributed by atoms with van der Waals surface area (Å²) in [5.41, 5.74) is 2.78. The standard InChI is InChI=1S/C20H17I/c1-12-4-5-13-7-10-16-17(20(2,3)21)11-8-14-6-9-15(12)18(13)19(14)16/h4-11H,1-3H3. The third kappa shape index (κ3) is 1.87. The topological polar surface area (TPSA) is 0 Å². The van der Waals surface area contributed by atoms with Gasteiger partial charge in [0.1, 0.15) is 0 Å². The molecule has 0 heterocycles. The van der Waals surface area contributed by atoms with Crippen LogP contribution in [0, 0.1) is 6.92 Å². The molecular formula is C20H17I. The van der Waals surface area contributed by atoms with E-state index in [1.807, 2.05) is 0 Å². The fourth-order valence-corrected chi connectivity index (χ4v) is 3.94. The molecule has 0 saturated carbocycles. The molecule has 0 aromatic heterocycles. The second kappa shape index (κ2) is 4.33. The Hall–Kier alpha value is -1.35. The Kier molecular flexibility index (Phi) is 2.74. The van der Waals surface area contributed by atoms with Crippen LogP contribution in [0.15, 0.2) is 48.5 Å². The fraction of sp³-hybridized carbons (Fsp3) is 0.200. The van der Waals surface area contributed by atoms with Gasteiger partial charge < -0.3 is 0 Å². The van der Waals surface area contributed by atoms with E-state index in [1.165, 1.54) is 43.4 Å². The van der Waals surface area contributed by atoms with Gasteiger partial charge in [0.2, 0.25) is 0 Å². The summed E-state index contributed by atoms with van der Waals surface area (Å²) >= 11 is 2.54. The average molecular weight is 384 g/mol. The Morgan fingerprint density at radius 3 is 1.90 bits per heavy atom. The van der Waals surface area contributed by atoms with Gasteiger partial charge in [0, 0.05) is 3.42 Å². The van der Waals surface area contributed by atoms with E-state index < -0.39 is 0 Å². The van der Waals surface area contributed by atoms with Crippen molar-refractivity contribution in [1.29, 1.82) is 0 Å². The van der Waals surface area contributed by atoms with Crippen molar-refractivity contribution in [1.82, 2.24) is 0 Å². The minimum Gasteiger partial charge on any atom is -0.0742 e. The summed E-state index contributed by atoms with van der Waals surface area (Å²) in [5, 5.41) is 8.32. The number of alkyl halides is 1. The summed E-state index contributed by atoms with van der Waals surface area (Å²) in [6.07, 6.45) is 0. The van der Waals surface area contributed by atoms with Gasteiger partial charge in [-0.15, -0.1) is 0 Å². The fourth-order valence-electron chi connectivity index (χ4n) is 3.47. The molecule has 0 radical (unpaired) electrons. The molecule has 0 unspecified atom stereocenters. The largest absolute Gasteiger partial charge is 0.0742 e. The Balaban J connectivity index is 2.33. The molecule has 0 aliphatic heterocycles. The molecule has 0 amide bonds. The highest BCUT2D eigenvalue weighted by Crippen LogP contribution is 2.42. The molecule has 0 fully saturated rings. The molecule has 0 bridgehead atoms. The quantitative estimate of drug-likeness (QED) is 0.198. The zero-order valence-corrected chi connectivity index (χ0v) is 14.7. The summed E-state index contributed by atoms with van der Waals surface area (Å²) < 4.78 is 0.134. The molecule has 0 aliphatic carbocycles. The normalized spacial score (nSPS) is 12.8. The van der Waals surface area contributed by atoms with Crippen LogP contribution in [0.2, 0.25) is 0 Å². The zero-order chi connectivity index (χ0) is 14.8. The third-order valence-corrected chi connectivity index (χ3v) is 5.10. The molecule has 4 aromatic rings. The molecular weight excluding hydrogens is 367 g/mol. The van der Waals surface area contributed by atoms with E-state index in [9.17, 15) is 0 Å². The first-order chi connectivity index (χ1) is 9.97. The zero-order valence-electron chi connectivity index (χ0n) is 12.5. The van der Waals surface area contributed by atoms with Crippen LogP contribution >= 0.6 is 22.6 Å². The number of halogens is 1. The molecule has 21 heavy (non-hydrogen) atoms. The summed E-state index contributed by atoms with van der Waals surface area (Å²) in [5.74, 6) is 0. The van der Waals surface area contributed by atoms with Crippen LogP contribution in [-0.2, 0) is 3.42 Å². The van der Waals surface area contributed by atoms with Gasteiger partial charge in [-0.1, -0.05) is 71.1 Å². The van der Waals surface area contributed by atoms with Crippen LogP contribution < -0.4 is 0 Å². The summed E-state index contributed by atoms with van der Waals surface area (Å²) in [4.78, 5) is 0. The van der Waals surface area contributed by atoms with E-state index in [1.54, 1.807) is 0 Å². The number of hydrogen-bond acceptors (Lipinski definition) is 0. The first-order valence-corrected chi connectivity index (χ1v) is 8.41. The number of rotatable bonds is 1. The molecule has 0 N–H and O–H groups in total. The molecule has 0 aliphatic rings. The lowest BCUT2D eigenvalue weighted by Crippen LogP contribution is -2.07. The van der Waals surface area contributed by atoms with Crippen LogP contribution in [0.25, 0.3) is 32.3 Å². The number of hydrogen-bond donors (Lipinski definition) is 0. The lowest BCUT2D eigenvalue weighted by molar-refractivity contribution is 0.836. The second-order valence-corrected chi connectivity index (χ2v) is 9.09. The van der Waals surface area contributed by atoms with E-state index in [0.29, 0.717) is 0 Å². The van der Waals surface area contributed by atoms with Crippen LogP contribution in [0.4, 0.5) is 0 Å². The maximum atomic E-state index is 2.54. The lowest BCUT2D eigenvalue weighted by Gasteiger charge is -2.22. The van der Waals surface area contributed by atoms with Gasteiger partial charge in [0.25, 0.3) is 0 Å². The van der Waals surface area contributed by atoms with Crippen molar-refractivity contribution in [3.05, 3.63) is 59.7 Å². The van der Waals surface area contributed by atoms with Crippen LogP contribution in [0.5, 0.6) is 0 Å². The maximum Gasteiger partial charge on any atom is 0.0420 e. The van der Waals surface area contributed by atoms with Gasteiger partial charge in [0.15, 0.2) is 0 Å². The van der Waals surface area contributed by atoms with Gasteiger partial charge in [-0.25, -0.2) is 0 Å². The smallest absolute Gasteiger partial charge is 0.0420 e.